The Labute approximate surface area is 122 Å². The molecule has 0 bridgehead atoms. The molecule has 0 saturated carbocycles. The number of nitrogens with one attached hydrogen (secondary N) is 1. The highest BCUT2D eigenvalue weighted by Gasteiger charge is 2.34. The highest BCUT2D eigenvalue weighted by molar-refractivity contribution is 7.99. The van der Waals surface area contributed by atoms with Crippen molar-refractivity contribution in [3.8, 4) is 0 Å². The molecule has 108 valence electrons. The Morgan fingerprint density at radius 1 is 1.40 bits per heavy atom. The van der Waals surface area contributed by atoms with Crippen LogP contribution >= 0.6 is 11.8 Å². The first-order valence-corrected chi connectivity index (χ1v) is 7.74. The Morgan fingerprint density at radius 2 is 2.10 bits per heavy atom. The molecule has 2 rings (SSSR count). The first-order chi connectivity index (χ1) is 9.61. The molecule has 0 unspecified atom stereocenters. The molecule has 2 amide bonds. The number of anilines is 1. The Balaban J connectivity index is 1.98. The number of nitrogens with zero attached hydrogens (tertiary/aromatic N) is 1. The van der Waals surface area contributed by atoms with E-state index in [0.717, 1.165) is 12.8 Å². The molecule has 20 heavy (non-hydrogen) atoms. The Kier molecular flexibility index (Phi) is 4.89. The standard InChI is InChI=1S/C14H18N2O3S/c1-2-3-10-4-6-11(7-5-10)15-14(19)16-9-20-8-12(16)13(17)18/h4-7,12H,2-3,8-9H2,1H3,(H,15,19)(H,17,18)/t12-/m0/s1. The van der Waals surface area contributed by atoms with Crippen LogP contribution in [0.2, 0.25) is 0 Å². The van der Waals surface area contributed by atoms with Gasteiger partial charge in [-0.15, -0.1) is 11.8 Å². The van der Waals surface area contributed by atoms with E-state index in [0.29, 0.717) is 17.3 Å². The maximum atomic E-state index is 12.1. The molecule has 1 aliphatic heterocycles. The third-order valence-corrected chi connectivity index (χ3v) is 4.18. The van der Waals surface area contributed by atoms with Gasteiger partial charge in [-0.1, -0.05) is 25.5 Å². The lowest BCUT2D eigenvalue weighted by molar-refractivity contribution is -0.140. The lowest BCUT2D eigenvalue weighted by Crippen LogP contribution is -2.43. The highest BCUT2D eigenvalue weighted by atomic mass is 32.2. The van der Waals surface area contributed by atoms with Crippen molar-refractivity contribution in [3.05, 3.63) is 29.8 Å². The number of carbonyl (C=O) groups excluding carboxylic acids is 1. The van der Waals surface area contributed by atoms with Crippen molar-refractivity contribution < 1.29 is 14.7 Å². The number of carboxylic acids is 1. The van der Waals surface area contributed by atoms with Crippen molar-refractivity contribution in [2.75, 3.05) is 16.9 Å². The van der Waals surface area contributed by atoms with Gasteiger partial charge >= 0.3 is 12.0 Å². The van der Waals surface area contributed by atoms with Gasteiger partial charge in [0.2, 0.25) is 0 Å². The van der Waals surface area contributed by atoms with E-state index in [4.69, 9.17) is 5.11 Å². The Hall–Kier alpha value is -1.69. The largest absolute Gasteiger partial charge is 0.480 e. The van der Waals surface area contributed by atoms with E-state index in [1.165, 1.54) is 22.2 Å². The third-order valence-electron chi connectivity index (χ3n) is 3.17. The van der Waals surface area contributed by atoms with E-state index < -0.39 is 12.0 Å². The maximum absolute atomic E-state index is 12.1. The first kappa shape index (κ1) is 14.7. The smallest absolute Gasteiger partial charge is 0.327 e. The summed E-state index contributed by atoms with van der Waals surface area (Å²) in [5, 5.41) is 11.8. The lowest BCUT2D eigenvalue weighted by Gasteiger charge is -2.20. The van der Waals surface area contributed by atoms with Crippen molar-refractivity contribution in [3.63, 3.8) is 0 Å². The molecule has 0 aromatic heterocycles. The van der Waals surface area contributed by atoms with Gasteiger partial charge in [0.15, 0.2) is 0 Å². The number of thioether (sulfide) groups is 1. The molecular formula is C14H18N2O3S. The summed E-state index contributed by atoms with van der Waals surface area (Å²) in [6, 6.07) is 6.56. The van der Waals surface area contributed by atoms with Crippen LogP contribution in [0.15, 0.2) is 24.3 Å². The van der Waals surface area contributed by atoms with Crippen LogP contribution in [0.4, 0.5) is 10.5 Å². The van der Waals surface area contributed by atoms with Crippen molar-refractivity contribution in [1.29, 1.82) is 0 Å². The van der Waals surface area contributed by atoms with Crippen LogP contribution in [0.3, 0.4) is 0 Å². The second-order valence-electron chi connectivity index (χ2n) is 4.70. The number of hydrogen-bond acceptors (Lipinski definition) is 3. The van der Waals surface area contributed by atoms with Gasteiger partial charge in [-0.2, -0.15) is 0 Å². The topological polar surface area (TPSA) is 69.6 Å². The lowest BCUT2D eigenvalue weighted by atomic mass is 10.1. The molecular weight excluding hydrogens is 276 g/mol. The second-order valence-corrected chi connectivity index (χ2v) is 5.70. The van der Waals surface area contributed by atoms with Gasteiger partial charge in [-0.3, -0.25) is 0 Å². The minimum absolute atomic E-state index is 0.356. The molecule has 1 aromatic rings. The number of urea groups is 1. The average molecular weight is 294 g/mol. The number of carboxylic acid groups (broad SMARTS) is 1. The number of aryl methyl sites for hydroxylation is 1. The van der Waals surface area contributed by atoms with E-state index in [9.17, 15) is 9.59 Å². The molecule has 6 heteroatoms. The molecule has 1 aromatic carbocycles. The van der Waals surface area contributed by atoms with Crippen molar-refractivity contribution in [2.24, 2.45) is 0 Å². The van der Waals surface area contributed by atoms with Gasteiger partial charge in [-0.05, 0) is 24.1 Å². The van der Waals surface area contributed by atoms with Gasteiger partial charge in [0.05, 0.1) is 5.88 Å². The monoisotopic (exact) mass is 294 g/mol. The summed E-state index contributed by atoms with van der Waals surface area (Å²) in [5.74, 6) is -0.0991. The molecule has 0 radical (unpaired) electrons. The van der Waals surface area contributed by atoms with Gasteiger partial charge in [0.1, 0.15) is 6.04 Å². The van der Waals surface area contributed by atoms with Gasteiger partial charge in [-0.25, -0.2) is 9.59 Å². The molecule has 1 heterocycles. The van der Waals surface area contributed by atoms with Crippen molar-refractivity contribution >= 4 is 29.4 Å². The molecule has 1 saturated heterocycles. The second kappa shape index (κ2) is 6.65. The predicted molar refractivity (Wildman–Crippen MR) is 80.0 cm³/mol. The van der Waals surface area contributed by atoms with Gasteiger partial charge in [0, 0.05) is 11.4 Å². The van der Waals surface area contributed by atoms with Crippen LogP contribution in [-0.4, -0.2) is 39.7 Å². The molecule has 5 nitrogen and oxygen atoms in total. The molecule has 0 aliphatic carbocycles. The summed E-state index contributed by atoms with van der Waals surface area (Å²) < 4.78 is 0. The average Bonchev–Trinajstić information content (AvgIpc) is 2.91. The quantitative estimate of drug-likeness (QED) is 0.895. The number of amides is 2. The fraction of sp³-hybridized carbons (Fsp3) is 0.429. The minimum Gasteiger partial charge on any atom is -0.480 e. The predicted octanol–water partition coefficient (Wildman–Crippen LogP) is 2.63. The first-order valence-electron chi connectivity index (χ1n) is 6.59. The maximum Gasteiger partial charge on any atom is 0.327 e. The number of aliphatic carboxylic acids is 1. The van der Waals surface area contributed by atoms with Crippen LogP contribution < -0.4 is 5.32 Å². The zero-order valence-corrected chi connectivity index (χ0v) is 12.2. The number of hydrogen-bond donors (Lipinski definition) is 2. The van der Waals surface area contributed by atoms with Crippen molar-refractivity contribution in [1.82, 2.24) is 4.90 Å². The zero-order chi connectivity index (χ0) is 14.5. The molecule has 1 atom stereocenters. The van der Waals surface area contributed by atoms with E-state index in [1.807, 2.05) is 24.3 Å². The van der Waals surface area contributed by atoms with Gasteiger partial charge < -0.3 is 15.3 Å². The summed E-state index contributed by atoms with van der Waals surface area (Å²) in [6.45, 7) is 2.12. The van der Waals surface area contributed by atoms with E-state index in [1.54, 1.807) is 0 Å². The summed E-state index contributed by atoms with van der Waals surface area (Å²) >= 11 is 1.45. The van der Waals surface area contributed by atoms with Crippen molar-refractivity contribution in [2.45, 2.75) is 25.8 Å². The third kappa shape index (κ3) is 3.45. The number of benzene rings is 1. The molecule has 2 N–H and O–H groups in total. The zero-order valence-electron chi connectivity index (χ0n) is 11.3. The highest BCUT2D eigenvalue weighted by Crippen LogP contribution is 2.22. The minimum atomic E-state index is -0.955. The number of carbonyl (C=O) groups is 2. The normalized spacial score (nSPS) is 18.1. The van der Waals surface area contributed by atoms with Crippen LogP contribution in [0, 0.1) is 0 Å². The van der Waals surface area contributed by atoms with Gasteiger partial charge in [0.25, 0.3) is 0 Å². The Morgan fingerprint density at radius 3 is 2.70 bits per heavy atom. The molecule has 0 spiro atoms. The summed E-state index contributed by atoms with van der Waals surface area (Å²) in [6.07, 6.45) is 2.09. The Bertz CT molecular complexity index is 490. The van der Waals surface area contributed by atoms with Crippen LogP contribution in [0.25, 0.3) is 0 Å². The van der Waals surface area contributed by atoms with E-state index in [-0.39, 0.29) is 6.03 Å². The van der Waals surface area contributed by atoms with Crippen LogP contribution in [0.5, 0.6) is 0 Å². The SMILES string of the molecule is CCCc1ccc(NC(=O)N2CSC[C@H]2C(=O)O)cc1. The van der Waals surface area contributed by atoms with E-state index in [2.05, 4.69) is 12.2 Å². The van der Waals surface area contributed by atoms with E-state index >= 15 is 0 Å². The summed E-state index contributed by atoms with van der Waals surface area (Å²) in [7, 11) is 0. The van der Waals surface area contributed by atoms with Crippen LogP contribution in [-0.2, 0) is 11.2 Å². The van der Waals surface area contributed by atoms with Crippen LogP contribution in [0.1, 0.15) is 18.9 Å². The number of rotatable bonds is 4. The summed E-state index contributed by atoms with van der Waals surface area (Å²) in [5.41, 5.74) is 1.92. The fourth-order valence-corrected chi connectivity index (χ4v) is 3.23. The molecule has 1 fully saturated rings. The summed E-state index contributed by atoms with van der Waals surface area (Å²) in [4.78, 5) is 24.5. The molecule has 1 aliphatic rings. The fourth-order valence-electron chi connectivity index (χ4n) is 2.09.